The lowest BCUT2D eigenvalue weighted by atomic mass is 9.89. The molecule has 1 atom stereocenters. The molecule has 0 radical (unpaired) electrons. The number of hydrogen-bond acceptors (Lipinski definition) is 2. The van der Waals surface area contributed by atoms with Crippen molar-refractivity contribution < 1.29 is 4.79 Å². The van der Waals surface area contributed by atoms with Gasteiger partial charge in [-0.15, -0.1) is 0 Å². The van der Waals surface area contributed by atoms with E-state index < -0.39 is 0 Å². The molecule has 3 nitrogen and oxygen atoms in total. The Morgan fingerprint density at radius 3 is 2.45 bits per heavy atom. The molecule has 2 fully saturated rings. The van der Waals surface area contributed by atoms with Crippen LogP contribution < -0.4 is 0 Å². The molecule has 1 aromatic carbocycles. The first-order valence-corrected chi connectivity index (χ1v) is 8.77. The van der Waals surface area contributed by atoms with Crippen LogP contribution in [0.5, 0.6) is 0 Å². The Morgan fingerprint density at radius 1 is 1.05 bits per heavy atom. The van der Waals surface area contributed by atoms with Gasteiger partial charge in [-0.3, -0.25) is 9.69 Å². The van der Waals surface area contributed by atoms with Gasteiger partial charge in [-0.05, 0) is 57.2 Å². The molecule has 0 aliphatic carbocycles. The third-order valence-corrected chi connectivity index (χ3v) is 5.35. The van der Waals surface area contributed by atoms with Gasteiger partial charge in [0.1, 0.15) is 0 Å². The van der Waals surface area contributed by atoms with Crippen molar-refractivity contribution in [2.75, 3.05) is 26.7 Å². The van der Waals surface area contributed by atoms with E-state index in [1.165, 1.54) is 18.4 Å². The van der Waals surface area contributed by atoms with Gasteiger partial charge in [-0.25, -0.2) is 0 Å². The van der Waals surface area contributed by atoms with Crippen LogP contribution in [0.15, 0.2) is 30.3 Å². The average Bonchev–Trinajstić information content (AvgIpc) is 2.56. The summed E-state index contributed by atoms with van der Waals surface area (Å²) in [7, 11) is 2.10. The highest BCUT2D eigenvalue weighted by Gasteiger charge is 2.31. The fourth-order valence-electron chi connectivity index (χ4n) is 3.90. The molecule has 2 heterocycles. The second-order valence-electron chi connectivity index (χ2n) is 6.95. The van der Waals surface area contributed by atoms with E-state index in [0.717, 1.165) is 51.2 Å². The van der Waals surface area contributed by atoms with E-state index in [1.54, 1.807) is 0 Å². The molecule has 1 aromatic rings. The Hall–Kier alpha value is -1.35. The highest BCUT2D eigenvalue weighted by Crippen LogP contribution is 2.24. The minimum absolute atomic E-state index is 0.138. The summed E-state index contributed by atoms with van der Waals surface area (Å²) in [5, 5.41) is 0. The quantitative estimate of drug-likeness (QED) is 0.857. The molecule has 0 N–H and O–H groups in total. The van der Waals surface area contributed by atoms with Crippen molar-refractivity contribution in [3.8, 4) is 0 Å². The van der Waals surface area contributed by atoms with Crippen LogP contribution in [0.1, 0.15) is 37.7 Å². The fourth-order valence-corrected chi connectivity index (χ4v) is 3.90. The van der Waals surface area contributed by atoms with Crippen LogP contribution in [0, 0.1) is 5.92 Å². The number of piperidine rings is 2. The Kier molecular flexibility index (Phi) is 5.14. The van der Waals surface area contributed by atoms with Gasteiger partial charge in [0.05, 0.1) is 6.04 Å². The van der Waals surface area contributed by atoms with Gasteiger partial charge in [-0.1, -0.05) is 36.8 Å². The number of carbonyl (C=O) groups excluding carboxylic acids is 1. The van der Waals surface area contributed by atoms with Crippen molar-refractivity contribution in [1.82, 2.24) is 9.80 Å². The molecule has 2 aliphatic rings. The molecule has 3 heteroatoms. The molecule has 1 amide bonds. The monoisotopic (exact) mass is 300 g/mol. The van der Waals surface area contributed by atoms with Crippen LogP contribution in [0.25, 0.3) is 0 Å². The predicted octanol–water partition coefficient (Wildman–Crippen LogP) is 2.95. The topological polar surface area (TPSA) is 23.6 Å². The normalized spacial score (nSPS) is 24.4. The van der Waals surface area contributed by atoms with Crippen molar-refractivity contribution in [2.45, 2.75) is 44.6 Å². The van der Waals surface area contributed by atoms with Crippen LogP contribution in [-0.4, -0.2) is 48.4 Å². The summed E-state index contributed by atoms with van der Waals surface area (Å²) < 4.78 is 0. The first-order valence-electron chi connectivity index (χ1n) is 8.77. The summed E-state index contributed by atoms with van der Waals surface area (Å²) in [6.07, 6.45) is 6.93. The highest BCUT2D eigenvalue weighted by molar-refractivity contribution is 5.82. The van der Waals surface area contributed by atoms with E-state index in [0.29, 0.717) is 5.91 Å². The zero-order chi connectivity index (χ0) is 15.4. The maximum atomic E-state index is 12.7. The average molecular weight is 300 g/mol. The van der Waals surface area contributed by atoms with Crippen LogP contribution in [0.4, 0.5) is 0 Å². The van der Waals surface area contributed by atoms with Gasteiger partial charge in [0.2, 0.25) is 5.91 Å². The second kappa shape index (κ2) is 7.28. The lowest BCUT2D eigenvalue weighted by Gasteiger charge is -2.38. The van der Waals surface area contributed by atoms with Gasteiger partial charge in [0.15, 0.2) is 0 Å². The van der Waals surface area contributed by atoms with Crippen molar-refractivity contribution >= 4 is 5.91 Å². The van der Waals surface area contributed by atoms with E-state index >= 15 is 0 Å². The van der Waals surface area contributed by atoms with Crippen LogP contribution in [-0.2, 0) is 11.2 Å². The SMILES string of the molecule is CN1CCCCC1C(=O)N1CCC(Cc2ccccc2)CC1. The van der Waals surface area contributed by atoms with E-state index in [9.17, 15) is 4.79 Å². The standard InChI is InChI=1S/C19H28N2O/c1-20-12-6-5-9-18(20)19(22)21-13-10-17(11-14-21)15-16-7-3-2-4-8-16/h2-4,7-8,17-18H,5-6,9-15H2,1H3. The van der Waals surface area contributed by atoms with Crippen molar-refractivity contribution in [3.05, 3.63) is 35.9 Å². The number of benzene rings is 1. The van der Waals surface area contributed by atoms with Gasteiger partial charge >= 0.3 is 0 Å². The molecular formula is C19H28N2O. The maximum absolute atomic E-state index is 12.7. The van der Waals surface area contributed by atoms with Gasteiger partial charge < -0.3 is 4.90 Å². The fraction of sp³-hybridized carbons (Fsp3) is 0.632. The number of nitrogens with zero attached hydrogens (tertiary/aromatic N) is 2. The zero-order valence-corrected chi connectivity index (χ0v) is 13.7. The number of rotatable bonds is 3. The summed E-state index contributed by atoms with van der Waals surface area (Å²) >= 11 is 0. The first kappa shape index (κ1) is 15.5. The number of amides is 1. The van der Waals surface area contributed by atoms with E-state index in [4.69, 9.17) is 0 Å². The molecule has 2 aliphatic heterocycles. The number of likely N-dealkylation sites (tertiary alicyclic amines) is 2. The van der Waals surface area contributed by atoms with Crippen molar-refractivity contribution in [3.63, 3.8) is 0 Å². The largest absolute Gasteiger partial charge is 0.341 e. The van der Waals surface area contributed by atoms with Gasteiger partial charge in [-0.2, -0.15) is 0 Å². The second-order valence-corrected chi connectivity index (χ2v) is 6.95. The molecule has 22 heavy (non-hydrogen) atoms. The van der Waals surface area contributed by atoms with E-state index in [-0.39, 0.29) is 6.04 Å². The lowest BCUT2D eigenvalue weighted by molar-refractivity contribution is -0.139. The molecular weight excluding hydrogens is 272 g/mol. The maximum Gasteiger partial charge on any atom is 0.239 e. The highest BCUT2D eigenvalue weighted by atomic mass is 16.2. The van der Waals surface area contributed by atoms with Gasteiger partial charge in [0.25, 0.3) is 0 Å². The summed E-state index contributed by atoms with van der Waals surface area (Å²) in [6, 6.07) is 10.9. The zero-order valence-electron chi connectivity index (χ0n) is 13.7. The number of carbonyl (C=O) groups is 1. The summed E-state index contributed by atoms with van der Waals surface area (Å²) in [4.78, 5) is 17.1. The van der Waals surface area contributed by atoms with E-state index in [1.807, 2.05) is 0 Å². The molecule has 120 valence electrons. The van der Waals surface area contributed by atoms with Crippen molar-refractivity contribution in [1.29, 1.82) is 0 Å². The van der Waals surface area contributed by atoms with E-state index in [2.05, 4.69) is 47.2 Å². The van der Waals surface area contributed by atoms with Crippen LogP contribution in [0.3, 0.4) is 0 Å². The third-order valence-electron chi connectivity index (χ3n) is 5.35. The Morgan fingerprint density at radius 2 is 1.77 bits per heavy atom. The predicted molar refractivity (Wildman–Crippen MR) is 89.7 cm³/mol. The van der Waals surface area contributed by atoms with Gasteiger partial charge in [0, 0.05) is 13.1 Å². The molecule has 0 bridgehead atoms. The Balaban J connectivity index is 1.50. The van der Waals surface area contributed by atoms with Crippen molar-refractivity contribution in [2.24, 2.45) is 5.92 Å². The minimum atomic E-state index is 0.138. The minimum Gasteiger partial charge on any atom is -0.341 e. The molecule has 0 spiro atoms. The number of likely N-dealkylation sites (N-methyl/N-ethyl adjacent to an activating group) is 1. The van der Waals surface area contributed by atoms with Crippen LogP contribution in [0.2, 0.25) is 0 Å². The smallest absolute Gasteiger partial charge is 0.239 e. The molecule has 0 aromatic heterocycles. The summed E-state index contributed by atoms with van der Waals surface area (Å²) in [5.41, 5.74) is 1.43. The lowest BCUT2D eigenvalue weighted by Crippen LogP contribution is -2.51. The summed E-state index contributed by atoms with van der Waals surface area (Å²) in [5.74, 6) is 1.11. The third kappa shape index (κ3) is 3.70. The Labute approximate surface area is 134 Å². The molecule has 1 unspecified atom stereocenters. The summed E-state index contributed by atoms with van der Waals surface area (Å²) in [6.45, 7) is 2.96. The molecule has 3 rings (SSSR count). The molecule has 0 saturated carbocycles. The molecule has 2 saturated heterocycles. The van der Waals surface area contributed by atoms with Crippen LogP contribution >= 0.6 is 0 Å². The first-order chi connectivity index (χ1) is 10.7. The number of hydrogen-bond donors (Lipinski definition) is 0. The Bertz CT molecular complexity index is 479.